The number of aryl methyl sites for hydroxylation is 1. The number of allylic oxidation sites excluding steroid dienone is 1. The van der Waals surface area contributed by atoms with Crippen LogP contribution < -0.4 is 5.32 Å². The maximum atomic E-state index is 12.6. The largest absolute Gasteiger partial charge is 0.377 e. The van der Waals surface area contributed by atoms with Crippen LogP contribution in [0.3, 0.4) is 0 Å². The topological polar surface area (TPSA) is 71.3 Å². The van der Waals surface area contributed by atoms with Gasteiger partial charge in [0.1, 0.15) is 5.76 Å². The predicted molar refractivity (Wildman–Crippen MR) is 139 cm³/mol. The first kappa shape index (κ1) is 24.7. The first-order valence-electron chi connectivity index (χ1n) is 12.4. The summed E-state index contributed by atoms with van der Waals surface area (Å²) in [6.07, 6.45) is 10.6. The Balaban J connectivity index is 1.48. The van der Waals surface area contributed by atoms with Crippen LogP contribution in [0.1, 0.15) is 79.4 Å². The van der Waals surface area contributed by atoms with Crippen molar-refractivity contribution in [2.24, 2.45) is 0 Å². The van der Waals surface area contributed by atoms with Gasteiger partial charge in [0.2, 0.25) is 0 Å². The number of piperidine rings is 1. The average molecular weight is 473 g/mol. The van der Waals surface area contributed by atoms with E-state index in [4.69, 9.17) is 4.52 Å². The van der Waals surface area contributed by atoms with Gasteiger partial charge in [-0.25, -0.2) is 0 Å². The van der Waals surface area contributed by atoms with Crippen molar-refractivity contribution in [2.75, 3.05) is 13.1 Å². The fourth-order valence-electron chi connectivity index (χ4n) is 4.66. The van der Waals surface area contributed by atoms with Gasteiger partial charge < -0.3 is 14.7 Å². The number of likely N-dealkylation sites (tertiary alicyclic amines) is 1. The van der Waals surface area contributed by atoms with E-state index in [1.165, 1.54) is 29.5 Å². The van der Waals surface area contributed by atoms with Gasteiger partial charge in [0.05, 0.1) is 0 Å². The number of nitrogens with zero attached hydrogens (tertiary/aromatic N) is 3. The molecule has 2 aromatic heterocycles. The lowest BCUT2D eigenvalue weighted by Crippen LogP contribution is -2.30. The van der Waals surface area contributed by atoms with Crippen molar-refractivity contribution < 1.29 is 9.32 Å². The third kappa shape index (κ3) is 5.81. The van der Waals surface area contributed by atoms with Gasteiger partial charge in [0.25, 0.3) is 5.91 Å². The van der Waals surface area contributed by atoms with Crippen LogP contribution in [0.4, 0.5) is 0 Å². The number of carbonyl (C=O) groups is 1. The summed E-state index contributed by atoms with van der Waals surface area (Å²) in [4.78, 5) is 19.5. The molecule has 0 radical (unpaired) electrons. The third-order valence-electron chi connectivity index (χ3n) is 6.68. The summed E-state index contributed by atoms with van der Waals surface area (Å²) in [6, 6.07) is 10.3. The zero-order valence-electron chi connectivity index (χ0n) is 21.5. The Hall–Kier alpha value is -3.41. The lowest BCUT2D eigenvalue weighted by molar-refractivity contribution is 0.0941. The molecule has 3 heterocycles. The van der Waals surface area contributed by atoms with Crippen LogP contribution in [0.25, 0.3) is 11.1 Å². The molecular weight excluding hydrogens is 436 g/mol. The molecule has 1 saturated heterocycles. The number of nitrogens with one attached hydrogen (secondary N) is 1. The molecule has 1 aromatic carbocycles. The van der Waals surface area contributed by atoms with Gasteiger partial charge in [-0.2, -0.15) is 0 Å². The molecule has 184 valence electrons. The summed E-state index contributed by atoms with van der Waals surface area (Å²) >= 11 is 0. The SMILES string of the molecule is CC=CN1CCCC(c2cnccc2-c2ccc(CNC(=O)c3cc(C(C)(C)C)on3)c(C)c2)C1. The number of aromatic nitrogens is 2. The van der Waals surface area contributed by atoms with Crippen LogP contribution >= 0.6 is 0 Å². The molecule has 0 bridgehead atoms. The van der Waals surface area contributed by atoms with E-state index in [0.29, 0.717) is 23.9 Å². The standard InChI is InChI=1S/C29H36N4O2/c1-6-13-33-14-7-8-23(19-33)25-18-30-12-11-24(25)21-9-10-22(20(2)15-21)17-31-28(34)26-16-27(35-32-26)29(3,4)5/h6,9-13,15-16,18,23H,7-8,14,17,19H2,1-5H3,(H,31,34). The fraction of sp³-hybridized carbons (Fsp3) is 0.414. The van der Waals surface area contributed by atoms with E-state index in [1.54, 1.807) is 6.07 Å². The summed E-state index contributed by atoms with van der Waals surface area (Å²) in [5.41, 5.74) is 6.07. The highest BCUT2D eigenvalue weighted by atomic mass is 16.5. The van der Waals surface area contributed by atoms with Gasteiger partial charge >= 0.3 is 0 Å². The zero-order chi connectivity index (χ0) is 25.0. The van der Waals surface area contributed by atoms with E-state index in [-0.39, 0.29) is 11.3 Å². The molecule has 1 N–H and O–H groups in total. The van der Waals surface area contributed by atoms with Crippen LogP contribution in [0.5, 0.6) is 0 Å². The highest BCUT2D eigenvalue weighted by Gasteiger charge is 2.23. The molecular formula is C29H36N4O2. The molecule has 1 amide bonds. The third-order valence-corrected chi connectivity index (χ3v) is 6.68. The minimum Gasteiger partial charge on any atom is -0.377 e. The van der Waals surface area contributed by atoms with Gasteiger partial charge in [-0.05, 0) is 66.8 Å². The Morgan fingerprint density at radius 1 is 1.26 bits per heavy atom. The van der Waals surface area contributed by atoms with Crippen molar-refractivity contribution >= 4 is 5.91 Å². The smallest absolute Gasteiger partial charge is 0.273 e. The molecule has 1 atom stereocenters. The molecule has 0 aliphatic carbocycles. The van der Waals surface area contributed by atoms with E-state index in [0.717, 1.165) is 24.2 Å². The van der Waals surface area contributed by atoms with E-state index in [9.17, 15) is 4.79 Å². The van der Waals surface area contributed by atoms with Crippen molar-refractivity contribution in [2.45, 2.75) is 65.3 Å². The molecule has 0 saturated carbocycles. The Morgan fingerprint density at radius 3 is 2.80 bits per heavy atom. The number of hydrogen-bond donors (Lipinski definition) is 1. The molecule has 6 heteroatoms. The summed E-state index contributed by atoms with van der Waals surface area (Å²) in [7, 11) is 0. The van der Waals surface area contributed by atoms with E-state index >= 15 is 0 Å². The van der Waals surface area contributed by atoms with Crippen molar-refractivity contribution in [3.8, 4) is 11.1 Å². The molecule has 1 unspecified atom stereocenters. The van der Waals surface area contributed by atoms with E-state index in [2.05, 4.69) is 70.7 Å². The zero-order valence-corrected chi connectivity index (χ0v) is 21.5. The fourth-order valence-corrected chi connectivity index (χ4v) is 4.66. The van der Waals surface area contributed by atoms with Crippen LogP contribution in [0.2, 0.25) is 0 Å². The number of pyridine rings is 1. The van der Waals surface area contributed by atoms with Crippen molar-refractivity contribution in [3.63, 3.8) is 0 Å². The Morgan fingerprint density at radius 2 is 2.09 bits per heavy atom. The highest BCUT2D eigenvalue weighted by molar-refractivity contribution is 5.92. The van der Waals surface area contributed by atoms with Gasteiger partial charge in [-0.1, -0.05) is 50.2 Å². The second kappa shape index (κ2) is 10.5. The average Bonchev–Trinajstić information content (AvgIpc) is 3.35. The molecule has 0 spiro atoms. The van der Waals surface area contributed by atoms with Gasteiger partial charge in [-0.15, -0.1) is 0 Å². The number of amides is 1. The number of carbonyl (C=O) groups excluding carboxylic acids is 1. The number of benzene rings is 1. The van der Waals surface area contributed by atoms with Gasteiger partial charge in [0, 0.05) is 49.4 Å². The molecule has 6 nitrogen and oxygen atoms in total. The summed E-state index contributed by atoms with van der Waals surface area (Å²) in [6.45, 7) is 12.8. The first-order chi connectivity index (χ1) is 16.8. The lowest BCUT2D eigenvalue weighted by atomic mass is 9.86. The van der Waals surface area contributed by atoms with Gasteiger partial charge in [0.15, 0.2) is 5.69 Å². The van der Waals surface area contributed by atoms with Crippen LogP contribution in [0, 0.1) is 6.92 Å². The molecule has 4 rings (SSSR count). The summed E-state index contributed by atoms with van der Waals surface area (Å²) < 4.78 is 5.35. The summed E-state index contributed by atoms with van der Waals surface area (Å²) in [5.74, 6) is 0.929. The normalized spacial score (nSPS) is 16.6. The lowest BCUT2D eigenvalue weighted by Gasteiger charge is -2.33. The maximum absolute atomic E-state index is 12.6. The van der Waals surface area contributed by atoms with E-state index in [1.807, 2.05) is 33.2 Å². The molecule has 1 aliphatic rings. The van der Waals surface area contributed by atoms with Crippen molar-refractivity contribution in [1.82, 2.24) is 20.4 Å². The predicted octanol–water partition coefficient (Wildman–Crippen LogP) is 5.99. The number of hydrogen-bond acceptors (Lipinski definition) is 5. The van der Waals surface area contributed by atoms with Crippen LogP contribution in [-0.2, 0) is 12.0 Å². The van der Waals surface area contributed by atoms with Crippen LogP contribution in [0.15, 0.2) is 59.5 Å². The quantitative estimate of drug-likeness (QED) is 0.477. The number of rotatable bonds is 6. The second-order valence-corrected chi connectivity index (χ2v) is 10.4. The summed E-state index contributed by atoms with van der Waals surface area (Å²) in [5, 5.41) is 6.92. The van der Waals surface area contributed by atoms with Crippen molar-refractivity contribution in [1.29, 1.82) is 0 Å². The first-order valence-corrected chi connectivity index (χ1v) is 12.4. The van der Waals surface area contributed by atoms with Gasteiger partial charge in [-0.3, -0.25) is 9.78 Å². The minimum absolute atomic E-state index is 0.188. The minimum atomic E-state index is -0.230. The molecule has 35 heavy (non-hydrogen) atoms. The second-order valence-electron chi connectivity index (χ2n) is 10.4. The monoisotopic (exact) mass is 472 g/mol. The van der Waals surface area contributed by atoms with Crippen LogP contribution in [-0.4, -0.2) is 34.0 Å². The van der Waals surface area contributed by atoms with Crippen molar-refractivity contribution in [3.05, 3.63) is 83.1 Å². The Labute approximate surface area is 208 Å². The molecule has 1 aliphatic heterocycles. The highest BCUT2D eigenvalue weighted by Crippen LogP contribution is 2.34. The molecule has 3 aromatic rings. The Bertz CT molecular complexity index is 1210. The van der Waals surface area contributed by atoms with E-state index < -0.39 is 0 Å². The maximum Gasteiger partial charge on any atom is 0.273 e. The molecule has 1 fully saturated rings. The Kier molecular flexibility index (Phi) is 7.39.